The molecule has 0 fully saturated rings. The van der Waals surface area contributed by atoms with Crippen LogP contribution >= 0.6 is 0 Å². The Hall–Kier alpha value is 0.610. The molecule has 0 saturated carbocycles. The van der Waals surface area contributed by atoms with Crippen LogP contribution in [-0.2, 0) is 0 Å². The van der Waals surface area contributed by atoms with Gasteiger partial charge in [0.2, 0.25) is 0 Å². The topological polar surface area (TPSA) is 47.7 Å². The average molecular weight is 218 g/mol. The van der Waals surface area contributed by atoms with E-state index >= 15 is 0 Å². The van der Waals surface area contributed by atoms with Crippen LogP contribution in [0.15, 0.2) is 0 Å². The predicted molar refractivity (Wildman–Crippen MR) is 22.2 cm³/mol. The molecule has 0 radical (unpaired) electrons. The number of quaternary nitrogens is 1. The van der Waals surface area contributed by atoms with Crippen molar-refractivity contribution in [3.8, 4) is 0 Å². The number of rotatable bonds is 3. The summed E-state index contributed by atoms with van der Waals surface area (Å²) in [6.07, 6.45) is 0. The first-order chi connectivity index (χ1) is 3.27. The van der Waals surface area contributed by atoms with Gasteiger partial charge in [-0.3, -0.25) is 0 Å². The van der Waals surface area contributed by atoms with Gasteiger partial charge in [-0.2, -0.15) is 0 Å². The van der Waals surface area contributed by atoms with Gasteiger partial charge < -0.3 is 0 Å². The van der Waals surface area contributed by atoms with Crippen molar-refractivity contribution in [1.82, 2.24) is 0 Å². The second-order valence-electron chi connectivity index (χ2n) is 1.02. The Morgan fingerprint density at radius 3 is 2.57 bits per heavy atom. The molecule has 2 N–H and O–H groups in total. The third kappa shape index (κ3) is 6.61. The van der Waals surface area contributed by atoms with Crippen molar-refractivity contribution in [3.63, 3.8) is 0 Å². The summed E-state index contributed by atoms with van der Waals surface area (Å²) in [6.45, 7) is 0.173. The van der Waals surface area contributed by atoms with Crippen LogP contribution in [0.5, 0.6) is 0 Å². The van der Waals surface area contributed by atoms with Gasteiger partial charge in [0, 0.05) is 0 Å². The molecule has 0 aliphatic rings. The van der Waals surface area contributed by atoms with Crippen molar-refractivity contribution in [1.29, 1.82) is 0 Å². The van der Waals surface area contributed by atoms with Gasteiger partial charge in [-0.1, -0.05) is 0 Å². The molecule has 0 spiro atoms. The van der Waals surface area contributed by atoms with E-state index in [1.165, 1.54) is 0 Å². The summed E-state index contributed by atoms with van der Waals surface area (Å²) in [6, 6.07) is 0. The van der Waals surface area contributed by atoms with E-state index < -0.39 is 0 Å². The normalized spacial score (nSPS) is 14.7. The van der Waals surface area contributed by atoms with Crippen molar-refractivity contribution in [2.75, 3.05) is 18.1 Å². The minimum absolute atomic E-state index is 0.173. The van der Waals surface area contributed by atoms with Gasteiger partial charge in [-0.25, -0.2) is 0 Å². The third-order valence-corrected chi connectivity index (χ3v) is 2.46. The third-order valence-electron chi connectivity index (χ3n) is 0.367. The van der Waals surface area contributed by atoms with E-state index in [0.29, 0.717) is 4.43 Å². The van der Waals surface area contributed by atoms with Crippen molar-refractivity contribution in [2.24, 2.45) is 0 Å². The van der Waals surface area contributed by atoms with Crippen LogP contribution in [0.25, 0.3) is 0 Å². The van der Waals surface area contributed by atoms with E-state index in [-0.39, 0.29) is 31.4 Å². The van der Waals surface area contributed by atoms with E-state index in [2.05, 4.69) is 0 Å². The summed E-state index contributed by atoms with van der Waals surface area (Å²) in [4.78, 5) is 0. The predicted octanol–water partition coefficient (Wildman–Crippen LogP) is -5.00. The van der Waals surface area contributed by atoms with Crippen molar-refractivity contribution in [3.05, 3.63) is 5.21 Å². The SMILES string of the molecule is C[NH+]([O-])[I-]CCO. The van der Waals surface area contributed by atoms with Crippen LogP contribution in [-0.4, -0.2) is 23.2 Å². The van der Waals surface area contributed by atoms with Crippen LogP contribution in [0.2, 0.25) is 0 Å². The fourth-order valence-corrected chi connectivity index (χ4v) is 1.18. The summed E-state index contributed by atoms with van der Waals surface area (Å²) in [5.74, 6) is 0. The fourth-order valence-electron chi connectivity index (χ4n) is 0.175. The molecule has 1 unspecified atom stereocenters. The van der Waals surface area contributed by atoms with Gasteiger partial charge in [0.1, 0.15) is 0 Å². The summed E-state index contributed by atoms with van der Waals surface area (Å²) in [7, 11) is 1.57. The van der Waals surface area contributed by atoms with E-state index in [1.807, 2.05) is 0 Å². The Morgan fingerprint density at radius 1 is 1.86 bits per heavy atom. The molecule has 0 saturated heterocycles. The van der Waals surface area contributed by atoms with Crippen LogP contribution in [0.3, 0.4) is 0 Å². The standard InChI is InChI=1S/C3H9INO2/c1-5(7)4-2-3-6/h5-6H,2-3H2,1H3/q-1. The first-order valence-corrected chi connectivity index (χ1v) is 4.58. The van der Waals surface area contributed by atoms with Gasteiger partial charge >= 0.3 is 53.2 Å². The van der Waals surface area contributed by atoms with Gasteiger partial charge in [-0.15, -0.1) is 0 Å². The maximum absolute atomic E-state index is 10.1. The van der Waals surface area contributed by atoms with Crippen LogP contribution in [0, 0.1) is 5.21 Å². The molecule has 0 aromatic carbocycles. The maximum atomic E-state index is 10.1. The number of halogens is 1. The Bertz CT molecular complexity index is 41.9. The van der Waals surface area contributed by atoms with E-state index in [4.69, 9.17) is 5.11 Å². The number of aliphatic hydroxyl groups excluding tert-OH is 1. The average Bonchev–Trinajstić information content (AvgIpc) is 1.61. The molecule has 46 valence electrons. The number of hydroxylamine groups is 1. The first kappa shape index (κ1) is 7.61. The second-order valence-corrected chi connectivity index (χ2v) is 4.38. The summed E-state index contributed by atoms with van der Waals surface area (Å²) < 4.78 is 0.974. The Morgan fingerprint density at radius 2 is 2.43 bits per heavy atom. The molecule has 0 aromatic rings. The van der Waals surface area contributed by atoms with Gasteiger partial charge in [0.15, 0.2) is 0 Å². The molecular formula is C3H9INO2-. The van der Waals surface area contributed by atoms with Crippen molar-refractivity contribution >= 4 is 0 Å². The quantitative estimate of drug-likeness (QED) is 0.216. The second kappa shape index (κ2) is 4.76. The molecule has 0 bridgehead atoms. The van der Waals surface area contributed by atoms with E-state index in [1.54, 1.807) is 7.05 Å². The van der Waals surface area contributed by atoms with Gasteiger partial charge in [-0.05, 0) is 0 Å². The van der Waals surface area contributed by atoms with E-state index in [9.17, 15) is 5.21 Å². The summed E-state index contributed by atoms with van der Waals surface area (Å²) >= 11 is -0.324. The van der Waals surface area contributed by atoms with Crippen molar-refractivity contribution in [2.45, 2.75) is 0 Å². The summed E-state index contributed by atoms with van der Waals surface area (Å²) in [5.41, 5.74) is 0. The number of hydrogen-bond acceptors (Lipinski definition) is 2. The molecule has 0 aliphatic heterocycles. The minimum atomic E-state index is -0.324. The van der Waals surface area contributed by atoms with E-state index in [0.717, 1.165) is 0 Å². The molecule has 7 heavy (non-hydrogen) atoms. The molecular weight excluding hydrogens is 209 g/mol. The van der Waals surface area contributed by atoms with Gasteiger partial charge in [0.05, 0.1) is 0 Å². The summed E-state index contributed by atoms with van der Waals surface area (Å²) in [5, 5.41) is 18.3. The molecule has 0 aromatic heterocycles. The monoisotopic (exact) mass is 218 g/mol. The molecule has 0 rings (SSSR count). The Labute approximate surface area is 53.5 Å². The Balaban J connectivity index is 2.68. The van der Waals surface area contributed by atoms with Gasteiger partial charge in [0.25, 0.3) is 0 Å². The number of nitrogens with one attached hydrogen (secondary N) is 1. The zero-order valence-electron chi connectivity index (χ0n) is 4.15. The van der Waals surface area contributed by atoms with Crippen LogP contribution in [0.4, 0.5) is 0 Å². The molecule has 0 aliphatic carbocycles. The molecule has 0 amide bonds. The number of aliphatic hydroxyl groups is 1. The zero-order valence-corrected chi connectivity index (χ0v) is 6.31. The molecule has 0 heterocycles. The van der Waals surface area contributed by atoms with Crippen LogP contribution in [0.1, 0.15) is 0 Å². The number of alkyl halides is 1. The molecule has 4 heteroatoms. The van der Waals surface area contributed by atoms with Crippen molar-refractivity contribution < 1.29 is 29.9 Å². The molecule has 3 nitrogen and oxygen atoms in total. The number of hydrogen-bond donors (Lipinski definition) is 2. The Kier molecular flexibility index (Phi) is 5.18. The van der Waals surface area contributed by atoms with Crippen LogP contribution < -0.4 is 24.8 Å². The first-order valence-electron chi connectivity index (χ1n) is 1.98. The zero-order chi connectivity index (χ0) is 5.70. The fraction of sp³-hybridized carbons (Fsp3) is 1.00. The molecule has 1 atom stereocenters.